The topological polar surface area (TPSA) is 83.6 Å². The van der Waals surface area contributed by atoms with E-state index < -0.39 is 13.7 Å². The summed E-state index contributed by atoms with van der Waals surface area (Å²) in [5.41, 5.74) is 2.66. The highest BCUT2D eigenvalue weighted by molar-refractivity contribution is 6.76. The lowest BCUT2D eigenvalue weighted by atomic mass is 10.1. The van der Waals surface area contributed by atoms with Gasteiger partial charge in [-0.2, -0.15) is 5.26 Å². The Kier molecular flexibility index (Phi) is 7.39. The van der Waals surface area contributed by atoms with Crippen molar-refractivity contribution in [3.05, 3.63) is 24.0 Å². The van der Waals surface area contributed by atoms with Crippen LogP contribution in [0.3, 0.4) is 0 Å². The highest BCUT2D eigenvalue weighted by atomic mass is 28.3. The molecule has 1 aromatic heterocycles. The van der Waals surface area contributed by atoms with Gasteiger partial charge in [0.1, 0.15) is 18.4 Å². The van der Waals surface area contributed by atoms with Crippen LogP contribution in [0.5, 0.6) is 0 Å². The third-order valence-corrected chi connectivity index (χ3v) is 7.38. The summed E-state index contributed by atoms with van der Waals surface area (Å²) in [4.78, 5) is 21.0. The fourth-order valence-corrected chi connectivity index (χ4v) is 4.63. The number of nitrogens with zero attached hydrogens (tertiary/aromatic N) is 5. The molecule has 3 rings (SSSR count). The van der Waals surface area contributed by atoms with Crippen LogP contribution in [-0.4, -0.2) is 66.5 Å². The Morgan fingerprint density at radius 1 is 1.27 bits per heavy atom. The van der Waals surface area contributed by atoms with Gasteiger partial charge in [0.05, 0.1) is 28.6 Å². The van der Waals surface area contributed by atoms with Crippen molar-refractivity contribution in [3.63, 3.8) is 0 Å². The van der Waals surface area contributed by atoms with Gasteiger partial charge in [-0.05, 0) is 45.9 Å². The summed E-state index contributed by atoms with van der Waals surface area (Å²) in [5.74, 6) is 0. The predicted molar refractivity (Wildman–Crippen MR) is 133 cm³/mol. The number of piperazine rings is 1. The highest BCUT2D eigenvalue weighted by Crippen LogP contribution is 2.29. The molecule has 0 saturated carbocycles. The van der Waals surface area contributed by atoms with Crippen molar-refractivity contribution in [2.24, 2.45) is 0 Å². The Morgan fingerprint density at radius 2 is 2.00 bits per heavy atom. The van der Waals surface area contributed by atoms with Crippen molar-refractivity contribution in [2.45, 2.75) is 71.8 Å². The summed E-state index contributed by atoms with van der Waals surface area (Å²) in [5, 5.41) is 9.88. The van der Waals surface area contributed by atoms with Gasteiger partial charge in [0.2, 0.25) is 0 Å². The van der Waals surface area contributed by atoms with E-state index in [2.05, 4.69) is 42.5 Å². The molecule has 1 aliphatic heterocycles. The molecular formula is C24H37N5O3Si. The predicted octanol–water partition coefficient (Wildman–Crippen LogP) is 4.67. The molecule has 2 aromatic rings. The van der Waals surface area contributed by atoms with E-state index in [9.17, 15) is 10.1 Å². The SMILES string of the molecule is CC1CN(C(=O)OC(C)(C)C)CCN1c1cc2ncn(COCC[Si](C)(C)C)c2cc1C#N. The normalized spacial score (nSPS) is 17.3. The Labute approximate surface area is 198 Å². The maximum absolute atomic E-state index is 12.5. The lowest BCUT2D eigenvalue weighted by Crippen LogP contribution is -2.54. The number of aromatic nitrogens is 2. The van der Waals surface area contributed by atoms with Gasteiger partial charge in [0.25, 0.3) is 0 Å². The molecule has 1 aliphatic rings. The number of hydrogen-bond donors (Lipinski definition) is 0. The second-order valence-electron chi connectivity index (χ2n) is 11.0. The number of fused-ring (bicyclic) bond motifs is 1. The van der Waals surface area contributed by atoms with Crippen molar-refractivity contribution in [1.82, 2.24) is 14.5 Å². The number of amides is 1. The average molecular weight is 472 g/mol. The van der Waals surface area contributed by atoms with Crippen molar-refractivity contribution < 1.29 is 14.3 Å². The van der Waals surface area contributed by atoms with Crippen LogP contribution in [-0.2, 0) is 16.2 Å². The van der Waals surface area contributed by atoms with Gasteiger partial charge in [-0.15, -0.1) is 0 Å². The number of hydrogen-bond acceptors (Lipinski definition) is 6. The Bertz CT molecular complexity index is 1030. The van der Waals surface area contributed by atoms with Crippen LogP contribution in [0.4, 0.5) is 10.5 Å². The fourth-order valence-electron chi connectivity index (χ4n) is 3.87. The molecule has 1 unspecified atom stereocenters. The zero-order chi connectivity index (χ0) is 24.4. The minimum atomic E-state index is -1.14. The highest BCUT2D eigenvalue weighted by Gasteiger charge is 2.31. The van der Waals surface area contributed by atoms with Crippen LogP contribution in [0, 0.1) is 11.3 Å². The van der Waals surface area contributed by atoms with Gasteiger partial charge in [-0.3, -0.25) is 0 Å². The Morgan fingerprint density at radius 3 is 2.61 bits per heavy atom. The number of ether oxygens (including phenoxy) is 2. The van der Waals surface area contributed by atoms with Crippen molar-refractivity contribution >= 4 is 30.9 Å². The third kappa shape index (κ3) is 6.48. The summed E-state index contributed by atoms with van der Waals surface area (Å²) < 4.78 is 13.4. The Balaban J connectivity index is 1.74. The molecule has 1 fully saturated rings. The Hall–Kier alpha value is -2.57. The first kappa shape index (κ1) is 25.1. The molecule has 9 heteroatoms. The first-order valence-electron chi connectivity index (χ1n) is 11.6. The average Bonchev–Trinajstić information content (AvgIpc) is 3.10. The van der Waals surface area contributed by atoms with E-state index in [1.54, 1.807) is 11.2 Å². The summed E-state index contributed by atoms with van der Waals surface area (Å²) in [6.45, 7) is 17.5. The lowest BCUT2D eigenvalue weighted by molar-refractivity contribution is 0.0219. The largest absolute Gasteiger partial charge is 0.444 e. The molecule has 33 heavy (non-hydrogen) atoms. The van der Waals surface area contributed by atoms with E-state index >= 15 is 0 Å². The maximum atomic E-state index is 12.5. The molecule has 0 bridgehead atoms. The zero-order valence-corrected chi connectivity index (χ0v) is 22.0. The summed E-state index contributed by atoms with van der Waals surface area (Å²) in [6.07, 6.45) is 1.48. The molecule has 2 heterocycles. The van der Waals surface area contributed by atoms with Gasteiger partial charge >= 0.3 is 6.09 Å². The van der Waals surface area contributed by atoms with Gasteiger partial charge < -0.3 is 23.8 Å². The van der Waals surface area contributed by atoms with Gasteiger partial charge in [-0.1, -0.05) is 19.6 Å². The first-order chi connectivity index (χ1) is 15.4. The zero-order valence-electron chi connectivity index (χ0n) is 21.0. The number of carbonyl (C=O) groups is 1. The minimum Gasteiger partial charge on any atom is -0.444 e. The molecule has 180 valence electrons. The molecular weight excluding hydrogens is 434 g/mol. The molecule has 0 spiro atoms. The third-order valence-electron chi connectivity index (χ3n) is 5.67. The molecule has 0 radical (unpaired) electrons. The second kappa shape index (κ2) is 9.73. The number of nitriles is 1. The van der Waals surface area contributed by atoms with Crippen LogP contribution in [0.15, 0.2) is 18.5 Å². The summed E-state index contributed by atoms with van der Waals surface area (Å²) >= 11 is 0. The molecule has 0 N–H and O–H groups in total. The van der Waals surface area contributed by atoms with Gasteiger partial charge in [-0.25, -0.2) is 9.78 Å². The smallest absolute Gasteiger partial charge is 0.410 e. The van der Waals surface area contributed by atoms with E-state index in [0.717, 1.165) is 29.4 Å². The van der Waals surface area contributed by atoms with E-state index in [1.165, 1.54) is 0 Å². The molecule has 1 amide bonds. The molecule has 1 saturated heterocycles. The summed E-state index contributed by atoms with van der Waals surface area (Å²) in [7, 11) is -1.14. The molecule has 1 aromatic carbocycles. The van der Waals surface area contributed by atoms with Crippen LogP contribution in [0.25, 0.3) is 11.0 Å². The van der Waals surface area contributed by atoms with E-state index in [4.69, 9.17) is 9.47 Å². The number of anilines is 1. The monoisotopic (exact) mass is 471 g/mol. The van der Waals surface area contributed by atoms with Crippen molar-refractivity contribution in [3.8, 4) is 6.07 Å². The van der Waals surface area contributed by atoms with Gasteiger partial charge in [0.15, 0.2) is 0 Å². The van der Waals surface area contributed by atoms with Crippen LogP contribution >= 0.6 is 0 Å². The standard InChI is InChI=1S/C24H37N5O3Si/c1-18-15-27(23(30)32-24(2,3)4)8-9-29(18)21-13-20-22(12-19(21)14-25)28(16-26-20)17-31-10-11-33(5,6)7/h12-13,16,18H,8-11,15,17H2,1-7H3. The van der Waals surface area contributed by atoms with Crippen molar-refractivity contribution in [2.75, 3.05) is 31.1 Å². The fraction of sp³-hybridized carbons (Fsp3) is 0.625. The van der Waals surface area contributed by atoms with Crippen LogP contribution in [0.1, 0.15) is 33.3 Å². The first-order valence-corrected chi connectivity index (χ1v) is 15.3. The molecule has 0 aliphatic carbocycles. The van der Waals surface area contributed by atoms with E-state index in [0.29, 0.717) is 31.9 Å². The number of carbonyl (C=O) groups excluding carboxylic acids is 1. The number of imidazole rings is 1. The summed E-state index contributed by atoms with van der Waals surface area (Å²) in [6, 6.07) is 7.38. The van der Waals surface area contributed by atoms with Gasteiger partial charge in [0, 0.05) is 40.4 Å². The lowest BCUT2D eigenvalue weighted by Gasteiger charge is -2.41. The van der Waals surface area contributed by atoms with Crippen molar-refractivity contribution in [1.29, 1.82) is 5.26 Å². The van der Waals surface area contributed by atoms with E-state index in [-0.39, 0.29) is 12.1 Å². The molecule has 8 nitrogen and oxygen atoms in total. The van der Waals surface area contributed by atoms with Crippen LogP contribution < -0.4 is 4.90 Å². The quantitative estimate of drug-likeness (QED) is 0.450. The minimum absolute atomic E-state index is 0.0443. The van der Waals surface area contributed by atoms with Crippen LogP contribution in [0.2, 0.25) is 25.7 Å². The number of rotatable bonds is 6. The second-order valence-corrected chi connectivity index (χ2v) is 16.6. The molecule has 1 atom stereocenters. The number of benzene rings is 1. The van der Waals surface area contributed by atoms with E-state index in [1.807, 2.05) is 37.5 Å². The maximum Gasteiger partial charge on any atom is 0.410 e.